The van der Waals surface area contributed by atoms with Gasteiger partial charge in [0.1, 0.15) is 17.2 Å². The smallest absolute Gasteiger partial charge is 0.154 e. The SMILES string of the molecule is Cc1ccc(-c2nn(C)cc2-c2cnc3ccc(Nc4cc(C(C)C)cnn4)nc3c2)cc1.Cc1ccc(-c2nn(C)cc2Br)cc1. The van der Waals surface area contributed by atoms with E-state index in [4.69, 9.17) is 10.1 Å². The van der Waals surface area contributed by atoms with Crippen molar-refractivity contribution < 1.29 is 0 Å². The zero-order valence-corrected chi connectivity index (χ0v) is 28.9. The lowest BCUT2D eigenvalue weighted by molar-refractivity contribution is 0.770. The summed E-state index contributed by atoms with van der Waals surface area (Å²) in [4.78, 5) is 9.43. The minimum Gasteiger partial charge on any atom is -0.323 e. The molecule has 0 amide bonds. The lowest BCUT2D eigenvalue weighted by Crippen LogP contribution is -2.00. The van der Waals surface area contributed by atoms with Crippen LogP contribution < -0.4 is 5.32 Å². The Balaban J connectivity index is 0.000000230. The van der Waals surface area contributed by atoms with E-state index in [2.05, 4.69) is 124 Å². The molecule has 1 N–H and O–H groups in total. The highest BCUT2D eigenvalue weighted by atomic mass is 79.9. The highest BCUT2D eigenvalue weighted by Gasteiger charge is 2.14. The fourth-order valence-corrected chi connectivity index (χ4v) is 5.71. The molecule has 0 atom stereocenters. The van der Waals surface area contributed by atoms with Gasteiger partial charge >= 0.3 is 0 Å². The highest BCUT2D eigenvalue weighted by Crippen LogP contribution is 2.32. The molecule has 0 radical (unpaired) electrons. The monoisotopic (exact) mass is 685 g/mol. The van der Waals surface area contributed by atoms with Crippen LogP contribution in [0.5, 0.6) is 0 Å². The van der Waals surface area contributed by atoms with Gasteiger partial charge in [0.2, 0.25) is 0 Å². The summed E-state index contributed by atoms with van der Waals surface area (Å²) in [6.07, 6.45) is 7.64. The maximum atomic E-state index is 4.78. The van der Waals surface area contributed by atoms with Crippen LogP contribution in [0.2, 0.25) is 0 Å². The third-order valence-electron chi connectivity index (χ3n) is 7.71. The van der Waals surface area contributed by atoms with Crippen molar-refractivity contribution in [1.29, 1.82) is 0 Å². The van der Waals surface area contributed by atoms with Crippen molar-refractivity contribution in [1.82, 2.24) is 39.7 Å². The van der Waals surface area contributed by atoms with Crippen molar-refractivity contribution in [3.05, 3.63) is 119 Å². The van der Waals surface area contributed by atoms with E-state index in [9.17, 15) is 0 Å². The number of halogens is 1. The summed E-state index contributed by atoms with van der Waals surface area (Å²) < 4.78 is 4.67. The van der Waals surface area contributed by atoms with Crippen molar-refractivity contribution in [2.75, 3.05) is 5.32 Å². The lowest BCUT2D eigenvalue weighted by atomic mass is 10.0. The fraction of sp³-hybridized carbons (Fsp3) is 0.189. The maximum absolute atomic E-state index is 4.78. The van der Waals surface area contributed by atoms with Gasteiger partial charge in [-0.15, -0.1) is 5.10 Å². The predicted octanol–water partition coefficient (Wildman–Crippen LogP) is 8.82. The molecule has 5 heterocycles. The zero-order chi connectivity index (χ0) is 33.1. The number of nitrogens with zero attached hydrogens (tertiary/aromatic N) is 8. The van der Waals surface area contributed by atoms with Crippen LogP contribution >= 0.6 is 15.9 Å². The van der Waals surface area contributed by atoms with E-state index < -0.39 is 0 Å². The van der Waals surface area contributed by atoms with E-state index >= 15 is 0 Å². The summed E-state index contributed by atoms with van der Waals surface area (Å²) in [6.45, 7) is 8.42. The largest absolute Gasteiger partial charge is 0.323 e. The van der Waals surface area contributed by atoms with Crippen molar-refractivity contribution >= 4 is 38.6 Å². The van der Waals surface area contributed by atoms with Gasteiger partial charge in [-0.05, 0) is 65.5 Å². The number of benzene rings is 2. The molecule has 0 unspecified atom stereocenters. The molecule has 47 heavy (non-hydrogen) atoms. The first-order valence-electron chi connectivity index (χ1n) is 15.4. The molecule has 236 valence electrons. The second-order valence-corrected chi connectivity index (χ2v) is 12.8. The first-order valence-corrected chi connectivity index (χ1v) is 16.2. The van der Waals surface area contributed by atoms with Crippen molar-refractivity contribution in [2.24, 2.45) is 14.1 Å². The number of nitrogens with one attached hydrogen (secondary N) is 1. The molecular formula is C37H36BrN9. The van der Waals surface area contributed by atoms with Gasteiger partial charge < -0.3 is 5.32 Å². The first-order chi connectivity index (χ1) is 22.6. The average Bonchev–Trinajstić information content (AvgIpc) is 3.62. The Bertz CT molecular complexity index is 2150. The second kappa shape index (κ2) is 13.6. The lowest BCUT2D eigenvalue weighted by Gasteiger charge is -2.09. The number of aryl methyl sites for hydroxylation is 4. The summed E-state index contributed by atoms with van der Waals surface area (Å²) in [5.41, 5.74) is 11.3. The number of pyridine rings is 2. The number of fused-ring (bicyclic) bond motifs is 1. The fourth-order valence-electron chi connectivity index (χ4n) is 5.10. The third-order valence-corrected chi connectivity index (χ3v) is 8.29. The van der Waals surface area contributed by atoms with Gasteiger partial charge in [0, 0.05) is 54.9 Å². The Kier molecular flexibility index (Phi) is 9.22. The summed E-state index contributed by atoms with van der Waals surface area (Å²) in [5, 5.41) is 20.6. The summed E-state index contributed by atoms with van der Waals surface area (Å²) in [7, 11) is 3.85. The number of hydrogen-bond donors (Lipinski definition) is 1. The zero-order valence-electron chi connectivity index (χ0n) is 27.3. The standard InChI is InChI=1S/C26H25N7.C11H11BrN2/c1-16(2)19-12-25(31-28-14-19)30-24-10-9-22-23(29-24)11-20(13-27-22)21-15-33(4)32-26(21)18-7-5-17(3)6-8-18;1-8-3-5-9(6-4-8)11-10(12)7-14(2)13-11/h5-16H,1-4H3,(H,29,30,31);3-7H,1-2H3. The minimum absolute atomic E-state index is 0.375. The summed E-state index contributed by atoms with van der Waals surface area (Å²) >= 11 is 3.49. The molecule has 0 aliphatic heterocycles. The Morgan fingerprint density at radius 1 is 0.681 bits per heavy atom. The van der Waals surface area contributed by atoms with E-state index in [1.54, 1.807) is 10.9 Å². The molecule has 0 saturated heterocycles. The molecule has 0 bridgehead atoms. The third kappa shape index (κ3) is 7.44. The highest BCUT2D eigenvalue weighted by molar-refractivity contribution is 9.10. The van der Waals surface area contributed by atoms with Crippen molar-refractivity contribution in [2.45, 2.75) is 33.6 Å². The molecule has 0 spiro atoms. The molecule has 9 nitrogen and oxygen atoms in total. The Morgan fingerprint density at radius 3 is 1.96 bits per heavy atom. The molecule has 10 heteroatoms. The van der Waals surface area contributed by atoms with E-state index in [1.165, 1.54) is 11.1 Å². The summed E-state index contributed by atoms with van der Waals surface area (Å²) in [5.74, 6) is 1.74. The van der Waals surface area contributed by atoms with Gasteiger partial charge in [-0.1, -0.05) is 73.5 Å². The van der Waals surface area contributed by atoms with Crippen LogP contribution in [-0.4, -0.2) is 39.7 Å². The number of hydrogen-bond acceptors (Lipinski definition) is 7. The normalized spacial score (nSPS) is 11.1. The topological polar surface area (TPSA) is 99.2 Å². The minimum atomic E-state index is 0.375. The number of aromatic nitrogens is 8. The van der Waals surface area contributed by atoms with Crippen LogP contribution in [0, 0.1) is 13.8 Å². The van der Waals surface area contributed by atoms with Gasteiger partial charge in [0.05, 0.1) is 21.7 Å². The van der Waals surface area contributed by atoms with Crippen LogP contribution in [0.4, 0.5) is 11.6 Å². The van der Waals surface area contributed by atoms with E-state index in [0.717, 1.165) is 54.7 Å². The molecule has 5 aromatic heterocycles. The second-order valence-electron chi connectivity index (χ2n) is 11.9. The molecule has 7 rings (SSSR count). The molecule has 0 fully saturated rings. The first kappa shape index (κ1) is 31.7. The van der Waals surface area contributed by atoms with E-state index in [0.29, 0.717) is 17.6 Å². The molecule has 0 saturated carbocycles. The number of anilines is 2. The van der Waals surface area contributed by atoms with Gasteiger partial charge in [-0.3, -0.25) is 14.3 Å². The molecule has 0 aliphatic rings. The number of rotatable bonds is 6. The van der Waals surface area contributed by atoms with Gasteiger partial charge in [0.15, 0.2) is 5.82 Å². The van der Waals surface area contributed by atoms with Crippen LogP contribution in [0.3, 0.4) is 0 Å². The van der Waals surface area contributed by atoms with Gasteiger partial charge in [-0.25, -0.2) is 4.98 Å². The van der Waals surface area contributed by atoms with E-state index in [-0.39, 0.29) is 0 Å². The molecular weight excluding hydrogens is 650 g/mol. The molecule has 0 aliphatic carbocycles. The Morgan fingerprint density at radius 2 is 1.32 bits per heavy atom. The quantitative estimate of drug-likeness (QED) is 0.187. The van der Waals surface area contributed by atoms with E-state index in [1.807, 2.05) is 55.6 Å². The van der Waals surface area contributed by atoms with Crippen LogP contribution in [0.1, 0.15) is 36.5 Å². The van der Waals surface area contributed by atoms with Crippen LogP contribution in [0.25, 0.3) is 44.7 Å². The Hall–Kier alpha value is -5.22. The van der Waals surface area contributed by atoms with Gasteiger partial charge in [0.25, 0.3) is 0 Å². The predicted molar refractivity (Wildman–Crippen MR) is 192 cm³/mol. The summed E-state index contributed by atoms with van der Waals surface area (Å²) in [6, 6.07) is 24.7. The van der Waals surface area contributed by atoms with Crippen LogP contribution in [0.15, 0.2) is 102 Å². The Labute approximate surface area is 282 Å². The van der Waals surface area contributed by atoms with Crippen molar-refractivity contribution in [3.63, 3.8) is 0 Å². The van der Waals surface area contributed by atoms with Crippen LogP contribution in [-0.2, 0) is 14.1 Å². The maximum Gasteiger partial charge on any atom is 0.154 e. The van der Waals surface area contributed by atoms with Crippen molar-refractivity contribution in [3.8, 4) is 33.6 Å². The molecule has 7 aromatic rings. The average molecular weight is 687 g/mol. The van der Waals surface area contributed by atoms with Gasteiger partial charge in [-0.2, -0.15) is 15.3 Å². The molecule has 2 aromatic carbocycles.